The van der Waals surface area contributed by atoms with Gasteiger partial charge in [0, 0.05) is 0 Å². The topological polar surface area (TPSA) is 72.0 Å². The second-order valence-electron chi connectivity index (χ2n) is 8.78. The molecule has 0 atom stereocenters. The molecule has 4 aliphatic rings. The lowest BCUT2D eigenvalue weighted by Gasteiger charge is -2.56. The number of benzene rings is 1. The maximum absolute atomic E-state index is 12.5. The molecule has 0 saturated heterocycles. The minimum atomic E-state index is -0.192. The Kier molecular flexibility index (Phi) is 3.66. The molecule has 0 radical (unpaired) electrons. The van der Waals surface area contributed by atoms with Crippen molar-refractivity contribution in [2.45, 2.75) is 51.6 Å². The van der Waals surface area contributed by atoms with E-state index in [1.807, 2.05) is 12.1 Å². The molecule has 1 aromatic heterocycles. The van der Waals surface area contributed by atoms with E-state index in [0.717, 1.165) is 17.8 Å². The van der Waals surface area contributed by atoms with Crippen LogP contribution in [0.3, 0.4) is 0 Å². The van der Waals surface area contributed by atoms with Crippen molar-refractivity contribution in [2.24, 2.45) is 23.2 Å². The van der Waals surface area contributed by atoms with Crippen LogP contribution >= 0.6 is 0 Å². The van der Waals surface area contributed by atoms with Crippen LogP contribution in [0.2, 0.25) is 0 Å². The number of ether oxygens (including phenoxy) is 1. The molecule has 1 aromatic carbocycles. The molecule has 0 spiro atoms. The van der Waals surface area contributed by atoms with Crippen molar-refractivity contribution in [2.75, 3.05) is 0 Å². The van der Waals surface area contributed by atoms with Crippen molar-refractivity contribution < 1.29 is 9.53 Å². The lowest BCUT2D eigenvalue weighted by Crippen LogP contribution is -2.47. The van der Waals surface area contributed by atoms with Crippen molar-refractivity contribution in [3.05, 3.63) is 40.4 Å². The SMILES string of the molecule is O=C(CC12CC3CC(CC(C3)C1)C2)OCc1nc2ccccc2c(=O)[nH]1. The van der Waals surface area contributed by atoms with Crippen molar-refractivity contribution in [3.8, 4) is 0 Å². The average Bonchev–Trinajstić information content (AvgIpc) is 2.58. The van der Waals surface area contributed by atoms with Crippen LogP contribution in [-0.4, -0.2) is 15.9 Å². The van der Waals surface area contributed by atoms with E-state index in [-0.39, 0.29) is 23.6 Å². The van der Waals surface area contributed by atoms with E-state index >= 15 is 0 Å². The van der Waals surface area contributed by atoms with Gasteiger partial charge in [0.15, 0.2) is 0 Å². The summed E-state index contributed by atoms with van der Waals surface area (Å²) in [6.45, 7) is 0.0330. The van der Waals surface area contributed by atoms with Gasteiger partial charge in [-0.05, 0) is 73.8 Å². The smallest absolute Gasteiger partial charge is 0.306 e. The molecule has 0 amide bonds. The summed E-state index contributed by atoms with van der Waals surface area (Å²) in [7, 11) is 0. The maximum Gasteiger partial charge on any atom is 0.306 e. The minimum absolute atomic E-state index is 0.0330. The molecule has 5 heteroatoms. The molecule has 5 nitrogen and oxygen atoms in total. The van der Waals surface area contributed by atoms with E-state index in [2.05, 4.69) is 9.97 Å². The minimum Gasteiger partial charge on any atom is -0.457 e. The molecule has 1 heterocycles. The first-order valence-electron chi connectivity index (χ1n) is 9.72. The highest BCUT2D eigenvalue weighted by Gasteiger charge is 2.51. The lowest BCUT2D eigenvalue weighted by atomic mass is 9.49. The molecule has 4 bridgehead atoms. The average molecular weight is 352 g/mol. The van der Waals surface area contributed by atoms with Crippen LogP contribution in [0.4, 0.5) is 0 Å². The number of aromatic amines is 1. The third-order valence-corrected chi connectivity index (χ3v) is 6.72. The number of para-hydroxylation sites is 1. The quantitative estimate of drug-likeness (QED) is 0.854. The molecular weight excluding hydrogens is 328 g/mol. The Morgan fingerprint density at radius 2 is 1.77 bits per heavy atom. The lowest BCUT2D eigenvalue weighted by molar-refractivity contribution is -0.153. The standard InChI is InChI=1S/C21H24N2O3/c24-19(11-21-8-13-5-14(9-21)7-15(6-13)10-21)26-12-18-22-17-4-2-1-3-16(17)20(25)23-18/h1-4,13-15H,5-12H2,(H,22,23,25). The molecule has 1 N–H and O–H groups in total. The fraction of sp³-hybridized carbons (Fsp3) is 0.571. The number of nitrogens with one attached hydrogen (secondary N) is 1. The van der Waals surface area contributed by atoms with Gasteiger partial charge < -0.3 is 9.72 Å². The van der Waals surface area contributed by atoms with Crippen molar-refractivity contribution in [1.29, 1.82) is 0 Å². The van der Waals surface area contributed by atoms with Gasteiger partial charge in [0.25, 0.3) is 5.56 Å². The predicted octanol–water partition coefficient (Wildman–Crippen LogP) is 3.57. The van der Waals surface area contributed by atoms with Gasteiger partial charge in [-0.3, -0.25) is 9.59 Å². The fourth-order valence-corrected chi connectivity index (χ4v) is 6.22. The summed E-state index contributed by atoms with van der Waals surface area (Å²) in [5, 5.41) is 0.552. The summed E-state index contributed by atoms with van der Waals surface area (Å²) >= 11 is 0. The van der Waals surface area contributed by atoms with Gasteiger partial charge in [-0.2, -0.15) is 0 Å². The number of H-pyrrole nitrogens is 1. The van der Waals surface area contributed by atoms with E-state index in [0.29, 0.717) is 23.1 Å². The number of esters is 1. The van der Waals surface area contributed by atoms with Crippen molar-refractivity contribution >= 4 is 16.9 Å². The highest BCUT2D eigenvalue weighted by molar-refractivity contribution is 5.77. The highest BCUT2D eigenvalue weighted by atomic mass is 16.5. The molecule has 2 aromatic rings. The number of fused-ring (bicyclic) bond motifs is 1. The Balaban J connectivity index is 1.26. The molecular formula is C21H24N2O3. The van der Waals surface area contributed by atoms with Gasteiger partial charge >= 0.3 is 5.97 Å². The van der Waals surface area contributed by atoms with E-state index < -0.39 is 0 Å². The van der Waals surface area contributed by atoms with E-state index in [4.69, 9.17) is 4.74 Å². The number of carbonyl (C=O) groups is 1. The Hall–Kier alpha value is -2.17. The van der Waals surface area contributed by atoms with Gasteiger partial charge in [-0.15, -0.1) is 0 Å². The van der Waals surface area contributed by atoms with Crippen LogP contribution in [0.5, 0.6) is 0 Å². The summed E-state index contributed by atoms with van der Waals surface area (Å²) in [5.74, 6) is 2.74. The predicted molar refractivity (Wildman–Crippen MR) is 97.4 cm³/mol. The van der Waals surface area contributed by atoms with Crippen LogP contribution in [-0.2, 0) is 16.1 Å². The molecule has 26 heavy (non-hydrogen) atoms. The van der Waals surface area contributed by atoms with Crippen LogP contribution in [0.1, 0.15) is 50.8 Å². The zero-order valence-corrected chi connectivity index (χ0v) is 14.9. The number of aromatic nitrogens is 2. The maximum atomic E-state index is 12.5. The number of hydrogen-bond acceptors (Lipinski definition) is 4. The molecule has 0 aliphatic heterocycles. The molecule has 4 aliphatic carbocycles. The third kappa shape index (κ3) is 2.83. The van der Waals surface area contributed by atoms with Crippen LogP contribution in [0.25, 0.3) is 10.9 Å². The van der Waals surface area contributed by atoms with Crippen LogP contribution in [0, 0.1) is 23.2 Å². The summed E-state index contributed by atoms with van der Waals surface area (Å²) in [5.41, 5.74) is 0.613. The van der Waals surface area contributed by atoms with E-state index in [1.54, 1.807) is 12.1 Å². The van der Waals surface area contributed by atoms with Gasteiger partial charge in [0.1, 0.15) is 12.4 Å². The van der Waals surface area contributed by atoms with Gasteiger partial charge in [-0.1, -0.05) is 12.1 Å². The molecule has 136 valence electrons. The van der Waals surface area contributed by atoms with Gasteiger partial charge in [0.2, 0.25) is 0 Å². The van der Waals surface area contributed by atoms with E-state index in [1.165, 1.54) is 38.5 Å². The number of rotatable bonds is 4. The zero-order valence-electron chi connectivity index (χ0n) is 14.9. The Labute approximate surface area is 152 Å². The van der Waals surface area contributed by atoms with E-state index in [9.17, 15) is 9.59 Å². The Bertz CT molecular complexity index is 882. The monoisotopic (exact) mass is 352 g/mol. The second-order valence-corrected chi connectivity index (χ2v) is 8.78. The number of nitrogens with zero attached hydrogens (tertiary/aromatic N) is 1. The zero-order chi connectivity index (χ0) is 17.7. The second kappa shape index (κ2) is 5.93. The molecule has 4 fully saturated rings. The summed E-state index contributed by atoms with van der Waals surface area (Å²) in [4.78, 5) is 31.7. The first kappa shape index (κ1) is 16.0. The van der Waals surface area contributed by atoms with Crippen LogP contribution < -0.4 is 5.56 Å². The summed E-state index contributed by atoms with van der Waals surface area (Å²) in [6.07, 6.45) is 8.22. The highest BCUT2D eigenvalue weighted by Crippen LogP contribution is 2.61. The first-order valence-corrected chi connectivity index (χ1v) is 9.72. The Morgan fingerprint density at radius 1 is 1.12 bits per heavy atom. The van der Waals surface area contributed by atoms with Gasteiger partial charge in [-0.25, -0.2) is 4.98 Å². The summed E-state index contributed by atoms with van der Waals surface area (Å²) in [6, 6.07) is 7.19. The number of carbonyl (C=O) groups excluding carboxylic acids is 1. The normalized spacial score (nSPS) is 32.1. The Morgan fingerprint density at radius 3 is 2.46 bits per heavy atom. The van der Waals surface area contributed by atoms with Gasteiger partial charge in [0.05, 0.1) is 17.3 Å². The molecule has 4 saturated carbocycles. The fourth-order valence-electron chi connectivity index (χ4n) is 6.22. The number of hydrogen-bond donors (Lipinski definition) is 1. The third-order valence-electron chi connectivity index (χ3n) is 6.72. The van der Waals surface area contributed by atoms with Crippen molar-refractivity contribution in [3.63, 3.8) is 0 Å². The van der Waals surface area contributed by atoms with Crippen molar-refractivity contribution in [1.82, 2.24) is 9.97 Å². The first-order chi connectivity index (χ1) is 12.6. The molecule has 6 rings (SSSR count). The van der Waals surface area contributed by atoms with Crippen LogP contribution in [0.15, 0.2) is 29.1 Å². The summed E-state index contributed by atoms with van der Waals surface area (Å²) < 4.78 is 5.50. The largest absolute Gasteiger partial charge is 0.457 e. The molecule has 0 unspecified atom stereocenters.